The average Bonchev–Trinajstić information content (AvgIpc) is 2.27. The molecule has 0 unspecified atom stereocenters. The Morgan fingerprint density at radius 2 is 1.14 bits per heavy atom. The zero-order valence-electron chi connectivity index (χ0n) is 8.54. The van der Waals surface area contributed by atoms with E-state index in [9.17, 15) is 9.59 Å². The first-order valence-corrected chi connectivity index (χ1v) is 4.85. The molecule has 2 nitrogen and oxygen atoms in total. The van der Waals surface area contributed by atoms with Gasteiger partial charge in [-0.15, -0.1) is 0 Å². The van der Waals surface area contributed by atoms with Crippen molar-refractivity contribution < 1.29 is 9.59 Å². The number of carbonyl (C=O) groups excluding carboxylic acids is 2. The molecular formula is C12H14O2. The van der Waals surface area contributed by atoms with Gasteiger partial charge in [-0.25, -0.2) is 0 Å². The molecule has 74 valence electrons. The first kappa shape index (κ1) is 10.6. The summed E-state index contributed by atoms with van der Waals surface area (Å²) in [6.45, 7) is 3.65. The van der Waals surface area contributed by atoms with Gasteiger partial charge < -0.3 is 0 Å². The minimum atomic E-state index is 0.112. The molecule has 1 rings (SSSR count). The van der Waals surface area contributed by atoms with Crippen LogP contribution in [0.25, 0.3) is 0 Å². The molecule has 0 fully saturated rings. The quantitative estimate of drug-likeness (QED) is 0.684. The largest absolute Gasteiger partial charge is 0.294 e. The van der Waals surface area contributed by atoms with Gasteiger partial charge in [0.2, 0.25) is 0 Å². The molecule has 0 aliphatic heterocycles. The molecule has 0 bridgehead atoms. The molecule has 0 aliphatic carbocycles. The second-order valence-electron chi connectivity index (χ2n) is 3.13. The highest BCUT2D eigenvalue weighted by molar-refractivity contribution is 5.99. The summed E-state index contributed by atoms with van der Waals surface area (Å²) >= 11 is 0. The fourth-order valence-electron chi connectivity index (χ4n) is 1.25. The molecule has 1 aromatic carbocycles. The van der Waals surface area contributed by atoms with Crippen molar-refractivity contribution in [3.8, 4) is 0 Å². The molecule has 0 aliphatic rings. The van der Waals surface area contributed by atoms with E-state index in [1.54, 1.807) is 24.3 Å². The number of ketones is 2. The number of hydrogen-bond acceptors (Lipinski definition) is 2. The van der Waals surface area contributed by atoms with Crippen LogP contribution < -0.4 is 0 Å². The van der Waals surface area contributed by atoms with Crippen molar-refractivity contribution in [2.24, 2.45) is 0 Å². The van der Waals surface area contributed by atoms with Gasteiger partial charge in [-0.1, -0.05) is 38.1 Å². The Balaban J connectivity index is 2.89. The molecule has 0 N–H and O–H groups in total. The van der Waals surface area contributed by atoms with Crippen LogP contribution in [0.1, 0.15) is 47.4 Å². The Morgan fingerprint density at radius 1 is 0.857 bits per heavy atom. The molecule has 0 radical (unpaired) electrons. The highest BCUT2D eigenvalue weighted by Crippen LogP contribution is 2.08. The van der Waals surface area contributed by atoms with Crippen LogP contribution in [0.15, 0.2) is 24.3 Å². The Bertz CT molecular complexity index is 301. The van der Waals surface area contributed by atoms with E-state index in [0.717, 1.165) is 0 Å². The van der Waals surface area contributed by atoms with Crippen molar-refractivity contribution in [2.45, 2.75) is 26.7 Å². The van der Waals surface area contributed by atoms with Crippen molar-refractivity contribution in [1.82, 2.24) is 0 Å². The summed E-state index contributed by atoms with van der Waals surface area (Å²) in [5, 5.41) is 0. The number of rotatable bonds is 4. The third-order valence-electron chi connectivity index (χ3n) is 2.17. The summed E-state index contributed by atoms with van der Waals surface area (Å²) in [4.78, 5) is 22.6. The normalized spacial score (nSPS) is 9.86. The van der Waals surface area contributed by atoms with Gasteiger partial charge in [0, 0.05) is 24.0 Å². The van der Waals surface area contributed by atoms with Gasteiger partial charge in [-0.3, -0.25) is 9.59 Å². The zero-order chi connectivity index (χ0) is 10.6. The van der Waals surface area contributed by atoms with Crippen LogP contribution in [0.4, 0.5) is 0 Å². The molecule has 0 saturated heterocycles. The third kappa shape index (κ3) is 2.28. The van der Waals surface area contributed by atoms with Gasteiger partial charge >= 0.3 is 0 Å². The zero-order valence-corrected chi connectivity index (χ0v) is 8.54. The van der Waals surface area contributed by atoms with Crippen molar-refractivity contribution in [3.63, 3.8) is 0 Å². The minimum Gasteiger partial charge on any atom is -0.294 e. The SMILES string of the molecule is CCC(=O)c1ccc(C(=O)CC)cc1. The number of hydrogen-bond donors (Lipinski definition) is 0. The molecule has 0 spiro atoms. The summed E-state index contributed by atoms with van der Waals surface area (Å²) in [6.07, 6.45) is 1.00. The number of Topliss-reactive ketones (excluding diaryl/α,β-unsaturated/α-hetero) is 2. The van der Waals surface area contributed by atoms with Crippen molar-refractivity contribution in [1.29, 1.82) is 0 Å². The Hall–Kier alpha value is -1.44. The maximum absolute atomic E-state index is 11.3. The van der Waals surface area contributed by atoms with Gasteiger partial charge in [0.25, 0.3) is 0 Å². The minimum absolute atomic E-state index is 0.112. The molecule has 0 amide bonds. The summed E-state index contributed by atoms with van der Waals surface area (Å²) < 4.78 is 0. The maximum Gasteiger partial charge on any atom is 0.162 e. The first-order chi connectivity index (χ1) is 6.69. The smallest absolute Gasteiger partial charge is 0.162 e. The predicted molar refractivity (Wildman–Crippen MR) is 55.7 cm³/mol. The molecule has 14 heavy (non-hydrogen) atoms. The second kappa shape index (κ2) is 4.70. The number of carbonyl (C=O) groups is 2. The second-order valence-corrected chi connectivity index (χ2v) is 3.13. The summed E-state index contributed by atoms with van der Waals surface area (Å²) in [6, 6.07) is 6.87. The van der Waals surface area contributed by atoms with E-state index in [2.05, 4.69) is 0 Å². The Labute approximate surface area is 83.9 Å². The van der Waals surface area contributed by atoms with E-state index in [4.69, 9.17) is 0 Å². The van der Waals surface area contributed by atoms with E-state index in [0.29, 0.717) is 24.0 Å². The highest BCUT2D eigenvalue weighted by Gasteiger charge is 2.05. The van der Waals surface area contributed by atoms with Crippen LogP contribution in [0.5, 0.6) is 0 Å². The van der Waals surface area contributed by atoms with E-state index in [1.165, 1.54) is 0 Å². The lowest BCUT2D eigenvalue weighted by atomic mass is 10.0. The first-order valence-electron chi connectivity index (χ1n) is 4.85. The standard InChI is InChI=1S/C12H14O2/c1-3-11(13)9-5-7-10(8-6-9)12(14)4-2/h5-8H,3-4H2,1-2H3. The number of benzene rings is 1. The molecule has 0 heterocycles. The van der Waals surface area contributed by atoms with Crippen molar-refractivity contribution in [3.05, 3.63) is 35.4 Å². The van der Waals surface area contributed by atoms with E-state index >= 15 is 0 Å². The van der Waals surface area contributed by atoms with Gasteiger partial charge in [0.05, 0.1) is 0 Å². The van der Waals surface area contributed by atoms with E-state index in [1.807, 2.05) is 13.8 Å². The summed E-state index contributed by atoms with van der Waals surface area (Å²) in [5.41, 5.74) is 1.36. The summed E-state index contributed by atoms with van der Waals surface area (Å²) in [5.74, 6) is 0.223. The topological polar surface area (TPSA) is 34.1 Å². The van der Waals surface area contributed by atoms with Gasteiger partial charge in [0.15, 0.2) is 11.6 Å². The molecule has 1 aromatic rings. The lowest BCUT2D eigenvalue weighted by Gasteiger charge is -2.00. The van der Waals surface area contributed by atoms with Crippen LogP contribution >= 0.6 is 0 Å². The molecular weight excluding hydrogens is 176 g/mol. The molecule has 0 aromatic heterocycles. The van der Waals surface area contributed by atoms with Crippen LogP contribution in [-0.4, -0.2) is 11.6 Å². The Kier molecular flexibility index (Phi) is 3.57. The van der Waals surface area contributed by atoms with Gasteiger partial charge in [-0.05, 0) is 0 Å². The summed E-state index contributed by atoms with van der Waals surface area (Å²) in [7, 11) is 0. The lowest BCUT2D eigenvalue weighted by Crippen LogP contribution is -1.99. The fourth-order valence-corrected chi connectivity index (χ4v) is 1.25. The molecule has 0 saturated carbocycles. The van der Waals surface area contributed by atoms with Gasteiger partial charge in [-0.2, -0.15) is 0 Å². The van der Waals surface area contributed by atoms with Crippen LogP contribution in [-0.2, 0) is 0 Å². The maximum atomic E-state index is 11.3. The van der Waals surface area contributed by atoms with Crippen molar-refractivity contribution >= 4 is 11.6 Å². The lowest BCUT2D eigenvalue weighted by molar-refractivity contribution is 0.0976. The average molecular weight is 190 g/mol. The van der Waals surface area contributed by atoms with E-state index in [-0.39, 0.29) is 11.6 Å². The molecule has 2 heteroatoms. The fraction of sp³-hybridized carbons (Fsp3) is 0.333. The van der Waals surface area contributed by atoms with Crippen LogP contribution in [0.3, 0.4) is 0 Å². The Morgan fingerprint density at radius 3 is 1.36 bits per heavy atom. The van der Waals surface area contributed by atoms with Crippen LogP contribution in [0.2, 0.25) is 0 Å². The van der Waals surface area contributed by atoms with Crippen LogP contribution in [0, 0.1) is 0 Å². The molecule has 0 atom stereocenters. The predicted octanol–water partition coefficient (Wildman–Crippen LogP) is 2.87. The van der Waals surface area contributed by atoms with Crippen molar-refractivity contribution in [2.75, 3.05) is 0 Å². The monoisotopic (exact) mass is 190 g/mol. The highest BCUT2D eigenvalue weighted by atomic mass is 16.1. The third-order valence-corrected chi connectivity index (χ3v) is 2.17. The van der Waals surface area contributed by atoms with Gasteiger partial charge in [0.1, 0.15) is 0 Å². The van der Waals surface area contributed by atoms with E-state index < -0.39 is 0 Å².